The highest BCUT2D eigenvalue weighted by atomic mass is 16.4. The topological polar surface area (TPSA) is 109 Å². The number of carboxylic acid groups (broad SMARTS) is 1. The Morgan fingerprint density at radius 1 is 1.31 bits per heavy atom. The summed E-state index contributed by atoms with van der Waals surface area (Å²) >= 11 is 0. The number of primary amides is 1. The highest BCUT2D eigenvalue weighted by Crippen LogP contribution is 2.58. The van der Waals surface area contributed by atoms with Gasteiger partial charge in [0.25, 0.3) is 0 Å². The van der Waals surface area contributed by atoms with Crippen LogP contribution in [0.1, 0.15) is 20.8 Å². The van der Waals surface area contributed by atoms with E-state index >= 15 is 0 Å². The second-order valence-electron chi connectivity index (χ2n) is 4.75. The van der Waals surface area contributed by atoms with E-state index in [4.69, 9.17) is 10.8 Å². The predicted octanol–water partition coefficient (Wildman–Crippen LogP) is -0.667. The van der Waals surface area contributed by atoms with Crippen molar-refractivity contribution in [3.8, 4) is 0 Å². The number of hydrogen-bond acceptors (Lipinski definition) is 3. The number of rotatable bonds is 4. The first-order valence-electron chi connectivity index (χ1n) is 5.02. The number of nitrogens with one attached hydrogen (secondary N) is 1. The summed E-state index contributed by atoms with van der Waals surface area (Å²) in [6, 6.07) is -0.779. The molecule has 1 unspecified atom stereocenters. The average molecular weight is 228 g/mol. The van der Waals surface area contributed by atoms with E-state index in [-0.39, 0.29) is 0 Å². The van der Waals surface area contributed by atoms with Gasteiger partial charge in [0.05, 0.1) is 11.8 Å². The van der Waals surface area contributed by atoms with E-state index in [9.17, 15) is 14.4 Å². The van der Waals surface area contributed by atoms with Gasteiger partial charge < -0.3 is 16.2 Å². The molecule has 0 aliphatic heterocycles. The molecule has 16 heavy (non-hydrogen) atoms. The molecule has 1 aliphatic rings. The van der Waals surface area contributed by atoms with Crippen LogP contribution in [0.2, 0.25) is 0 Å². The highest BCUT2D eigenvalue weighted by Gasteiger charge is 2.65. The zero-order valence-corrected chi connectivity index (χ0v) is 9.48. The Bertz CT molecular complexity index is 351. The van der Waals surface area contributed by atoms with Gasteiger partial charge in [0.2, 0.25) is 11.8 Å². The second-order valence-corrected chi connectivity index (χ2v) is 4.75. The first kappa shape index (κ1) is 12.5. The van der Waals surface area contributed by atoms with Crippen LogP contribution in [0, 0.1) is 17.3 Å². The lowest BCUT2D eigenvalue weighted by Gasteiger charge is -2.10. The van der Waals surface area contributed by atoms with Crippen LogP contribution in [0.5, 0.6) is 0 Å². The maximum Gasteiger partial charge on any atom is 0.307 e. The van der Waals surface area contributed by atoms with Gasteiger partial charge in [0.1, 0.15) is 6.04 Å². The number of hydrogen-bond donors (Lipinski definition) is 3. The van der Waals surface area contributed by atoms with Crippen molar-refractivity contribution in [1.82, 2.24) is 5.32 Å². The van der Waals surface area contributed by atoms with E-state index in [1.165, 1.54) is 6.92 Å². The Labute approximate surface area is 93.2 Å². The monoisotopic (exact) mass is 228 g/mol. The maximum atomic E-state index is 11.7. The fourth-order valence-electron chi connectivity index (χ4n) is 1.96. The quantitative estimate of drug-likeness (QED) is 0.593. The van der Waals surface area contributed by atoms with Crippen molar-refractivity contribution in [1.29, 1.82) is 0 Å². The fourth-order valence-corrected chi connectivity index (χ4v) is 1.96. The minimum atomic E-state index is -0.989. The fraction of sp³-hybridized carbons (Fsp3) is 0.700. The van der Waals surface area contributed by atoms with E-state index in [1.54, 1.807) is 13.8 Å². The number of carboxylic acids is 1. The molecule has 1 rings (SSSR count). The summed E-state index contributed by atoms with van der Waals surface area (Å²) in [5.41, 5.74) is 4.43. The number of nitrogens with two attached hydrogens (primary N) is 1. The largest absolute Gasteiger partial charge is 0.481 e. The summed E-state index contributed by atoms with van der Waals surface area (Å²) in [6.45, 7) is 4.89. The van der Waals surface area contributed by atoms with Crippen molar-refractivity contribution in [2.45, 2.75) is 26.8 Å². The number of carbonyl (C=O) groups excluding carboxylic acids is 2. The Hall–Kier alpha value is -1.59. The van der Waals surface area contributed by atoms with Gasteiger partial charge in [-0.3, -0.25) is 14.4 Å². The Kier molecular flexibility index (Phi) is 2.94. The summed E-state index contributed by atoms with van der Waals surface area (Å²) in [7, 11) is 0. The van der Waals surface area contributed by atoms with Crippen LogP contribution in [0.25, 0.3) is 0 Å². The standard InChI is InChI=1S/C10H16N2O4/c1-4(7(11)13)12-8(14)5-6(9(15)16)10(5,2)3/h4-6H,1-3H3,(H2,11,13)(H,12,14)(H,15,16)/t4?,5-,6+/m1/s1. The van der Waals surface area contributed by atoms with Gasteiger partial charge in [0, 0.05) is 0 Å². The normalized spacial score (nSPS) is 27.9. The van der Waals surface area contributed by atoms with Crippen LogP contribution in [0.4, 0.5) is 0 Å². The highest BCUT2D eigenvalue weighted by molar-refractivity contribution is 5.94. The van der Waals surface area contributed by atoms with Crippen molar-refractivity contribution in [3.05, 3.63) is 0 Å². The van der Waals surface area contributed by atoms with E-state index in [0.717, 1.165) is 0 Å². The molecular weight excluding hydrogens is 212 g/mol. The molecule has 0 spiro atoms. The molecule has 0 aromatic rings. The molecule has 1 fully saturated rings. The molecule has 6 heteroatoms. The van der Waals surface area contributed by atoms with Crippen LogP contribution < -0.4 is 11.1 Å². The van der Waals surface area contributed by atoms with Gasteiger partial charge in [-0.2, -0.15) is 0 Å². The Morgan fingerprint density at radius 2 is 1.81 bits per heavy atom. The van der Waals surface area contributed by atoms with Crippen molar-refractivity contribution < 1.29 is 19.5 Å². The lowest BCUT2D eigenvalue weighted by Crippen LogP contribution is -2.43. The molecule has 90 valence electrons. The number of carbonyl (C=O) groups is 3. The van der Waals surface area contributed by atoms with Crippen molar-refractivity contribution in [3.63, 3.8) is 0 Å². The lowest BCUT2D eigenvalue weighted by atomic mass is 10.1. The van der Waals surface area contributed by atoms with E-state index in [2.05, 4.69) is 5.32 Å². The molecule has 6 nitrogen and oxygen atoms in total. The molecule has 4 N–H and O–H groups in total. The molecule has 0 aromatic heterocycles. The zero-order chi connectivity index (χ0) is 12.7. The number of aliphatic carboxylic acids is 1. The van der Waals surface area contributed by atoms with Gasteiger partial charge in [0.15, 0.2) is 0 Å². The minimum Gasteiger partial charge on any atom is -0.481 e. The molecular formula is C10H16N2O4. The number of amides is 2. The van der Waals surface area contributed by atoms with Gasteiger partial charge in [-0.15, -0.1) is 0 Å². The van der Waals surface area contributed by atoms with E-state index in [0.29, 0.717) is 0 Å². The van der Waals surface area contributed by atoms with Crippen LogP contribution in [0.3, 0.4) is 0 Å². The van der Waals surface area contributed by atoms with Gasteiger partial charge >= 0.3 is 5.97 Å². The van der Waals surface area contributed by atoms with Gasteiger partial charge in [-0.1, -0.05) is 13.8 Å². The Morgan fingerprint density at radius 3 is 2.12 bits per heavy atom. The van der Waals surface area contributed by atoms with Crippen molar-refractivity contribution in [2.24, 2.45) is 23.0 Å². The van der Waals surface area contributed by atoms with E-state index < -0.39 is 41.1 Å². The summed E-state index contributed by atoms with van der Waals surface area (Å²) in [5.74, 6) is -3.33. The predicted molar refractivity (Wildman–Crippen MR) is 55.2 cm³/mol. The van der Waals surface area contributed by atoms with E-state index in [1.807, 2.05) is 0 Å². The molecule has 3 atom stereocenters. The molecule has 0 bridgehead atoms. The van der Waals surface area contributed by atoms with Crippen molar-refractivity contribution in [2.75, 3.05) is 0 Å². The summed E-state index contributed by atoms with van der Waals surface area (Å²) < 4.78 is 0. The van der Waals surface area contributed by atoms with Crippen LogP contribution in [-0.2, 0) is 14.4 Å². The van der Waals surface area contributed by atoms with Crippen LogP contribution in [0.15, 0.2) is 0 Å². The Balaban J connectivity index is 2.64. The molecule has 0 radical (unpaired) electrons. The minimum absolute atomic E-state index is 0.427. The zero-order valence-electron chi connectivity index (χ0n) is 9.48. The molecule has 0 saturated heterocycles. The third-order valence-electron chi connectivity index (χ3n) is 3.16. The average Bonchev–Trinajstić information content (AvgIpc) is 2.68. The molecule has 0 heterocycles. The maximum absolute atomic E-state index is 11.7. The molecule has 2 amide bonds. The first-order valence-corrected chi connectivity index (χ1v) is 5.02. The smallest absolute Gasteiger partial charge is 0.307 e. The summed E-state index contributed by atoms with van der Waals surface area (Å²) in [4.78, 5) is 33.3. The molecule has 1 saturated carbocycles. The summed E-state index contributed by atoms with van der Waals surface area (Å²) in [6.07, 6.45) is 0. The van der Waals surface area contributed by atoms with Crippen molar-refractivity contribution >= 4 is 17.8 Å². The second kappa shape index (κ2) is 3.77. The molecule has 0 aromatic carbocycles. The van der Waals surface area contributed by atoms with Crippen LogP contribution in [-0.4, -0.2) is 28.9 Å². The third kappa shape index (κ3) is 2.00. The molecule has 1 aliphatic carbocycles. The van der Waals surface area contributed by atoms with Gasteiger partial charge in [-0.25, -0.2) is 0 Å². The lowest BCUT2D eigenvalue weighted by molar-refractivity contribution is -0.140. The SMILES string of the molecule is CC(NC(=O)[C@H]1[C@@H](C(=O)O)C1(C)C)C(N)=O. The third-order valence-corrected chi connectivity index (χ3v) is 3.16. The van der Waals surface area contributed by atoms with Crippen LogP contribution >= 0.6 is 0 Å². The summed E-state index contributed by atoms with van der Waals surface area (Å²) in [5, 5.41) is 11.3. The van der Waals surface area contributed by atoms with Gasteiger partial charge in [-0.05, 0) is 12.3 Å². The first-order chi connectivity index (χ1) is 7.19.